The number of ether oxygens (including phenoxy) is 1. The van der Waals surface area contributed by atoms with Crippen LogP contribution < -0.4 is 10.6 Å². The Kier molecular flexibility index (Phi) is 5.30. The summed E-state index contributed by atoms with van der Waals surface area (Å²) in [6, 6.07) is -0.187. The van der Waals surface area contributed by atoms with Crippen LogP contribution in [0.5, 0.6) is 0 Å². The van der Waals surface area contributed by atoms with Crippen molar-refractivity contribution in [1.29, 1.82) is 0 Å². The van der Waals surface area contributed by atoms with E-state index in [1.807, 2.05) is 19.1 Å². The zero-order valence-electron chi connectivity index (χ0n) is 11.2. The van der Waals surface area contributed by atoms with Crippen molar-refractivity contribution in [2.45, 2.75) is 13.3 Å². The Balaban J connectivity index is 2.75. The molecule has 5 heteroatoms. The zero-order chi connectivity index (χ0) is 13.5. The third-order valence-corrected chi connectivity index (χ3v) is 2.72. The van der Waals surface area contributed by atoms with Gasteiger partial charge in [-0.1, -0.05) is 6.58 Å². The van der Waals surface area contributed by atoms with Crippen molar-refractivity contribution < 1.29 is 9.53 Å². The summed E-state index contributed by atoms with van der Waals surface area (Å²) in [7, 11) is 3.27. The maximum Gasteiger partial charge on any atom is 0.321 e. The van der Waals surface area contributed by atoms with Crippen molar-refractivity contribution in [1.82, 2.24) is 15.5 Å². The first-order valence-electron chi connectivity index (χ1n) is 5.95. The molecule has 0 bridgehead atoms. The van der Waals surface area contributed by atoms with Crippen molar-refractivity contribution in [2.24, 2.45) is 0 Å². The molecule has 0 radical (unpaired) electrons. The number of rotatable bonds is 2. The summed E-state index contributed by atoms with van der Waals surface area (Å²) in [5.41, 5.74) is 1.63. The highest BCUT2D eigenvalue weighted by Gasteiger charge is 2.12. The number of likely N-dealkylation sites (N-methyl/N-ethyl adjacent to an activating group) is 1. The van der Waals surface area contributed by atoms with Gasteiger partial charge >= 0.3 is 6.03 Å². The zero-order valence-corrected chi connectivity index (χ0v) is 11.2. The summed E-state index contributed by atoms with van der Waals surface area (Å²) in [4.78, 5) is 12.9. The van der Waals surface area contributed by atoms with Crippen molar-refractivity contribution >= 4 is 6.03 Å². The van der Waals surface area contributed by atoms with Crippen molar-refractivity contribution in [2.75, 3.05) is 27.2 Å². The minimum Gasteiger partial charge on any atom is -0.496 e. The molecule has 1 saturated heterocycles. The average molecular weight is 251 g/mol. The number of hydrogen-bond donors (Lipinski definition) is 2. The van der Waals surface area contributed by atoms with Gasteiger partial charge in [-0.2, -0.15) is 0 Å². The predicted molar refractivity (Wildman–Crippen MR) is 71.8 cm³/mol. The average Bonchev–Trinajstić information content (AvgIpc) is 2.61. The number of hydrogen-bond acceptors (Lipinski definition) is 3. The summed E-state index contributed by atoms with van der Waals surface area (Å²) in [5, 5.41) is 5.82. The molecule has 0 aromatic rings. The minimum atomic E-state index is -0.187. The number of allylic oxidation sites excluding steroid dienone is 2. The molecule has 0 aromatic carbocycles. The molecule has 2 N–H and O–H groups in total. The lowest BCUT2D eigenvalue weighted by Crippen LogP contribution is -2.33. The van der Waals surface area contributed by atoms with E-state index < -0.39 is 0 Å². The highest BCUT2D eigenvalue weighted by molar-refractivity contribution is 5.75. The molecule has 2 amide bonds. The third-order valence-electron chi connectivity index (χ3n) is 2.72. The standard InChI is InChI=1S/C13H21N3O2/c1-5-12-9-11(15-6-7-18-12)8-10(2)16(4)13(17)14-3/h5,8,15H,2,6-7,9H2,1,3-4H3,(H,14,17)/b11-8+,12-5+. The van der Waals surface area contributed by atoms with Gasteiger partial charge in [-0.3, -0.25) is 4.90 Å². The second-order valence-corrected chi connectivity index (χ2v) is 3.98. The van der Waals surface area contributed by atoms with Crippen LogP contribution in [0.3, 0.4) is 0 Å². The first kappa shape index (κ1) is 14.2. The summed E-state index contributed by atoms with van der Waals surface area (Å²) >= 11 is 0. The number of nitrogens with zero attached hydrogens (tertiary/aromatic N) is 1. The minimum absolute atomic E-state index is 0.187. The quantitative estimate of drug-likeness (QED) is 0.783. The lowest BCUT2D eigenvalue weighted by Gasteiger charge is -2.17. The normalized spacial score (nSPS) is 19.7. The third kappa shape index (κ3) is 3.84. The molecule has 100 valence electrons. The van der Waals surface area contributed by atoms with E-state index in [2.05, 4.69) is 17.2 Å². The number of nitrogens with one attached hydrogen (secondary N) is 2. The van der Waals surface area contributed by atoms with E-state index in [4.69, 9.17) is 4.74 Å². The predicted octanol–water partition coefficient (Wildman–Crippen LogP) is 1.57. The highest BCUT2D eigenvalue weighted by Crippen LogP contribution is 2.15. The van der Waals surface area contributed by atoms with E-state index in [1.54, 1.807) is 14.1 Å². The van der Waals surface area contributed by atoms with Gasteiger partial charge in [0.1, 0.15) is 6.61 Å². The summed E-state index contributed by atoms with van der Waals surface area (Å²) in [6.45, 7) is 7.23. The van der Waals surface area contributed by atoms with Crippen LogP contribution in [0.15, 0.2) is 35.9 Å². The Morgan fingerprint density at radius 1 is 1.61 bits per heavy atom. The lowest BCUT2D eigenvalue weighted by molar-refractivity contribution is 0.221. The first-order valence-corrected chi connectivity index (χ1v) is 5.95. The van der Waals surface area contributed by atoms with E-state index in [9.17, 15) is 4.79 Å². The molecule has 5 nitrogen and oxygen atoms in total. The van der Waals surface area contributed by atoms with Crippen LogP contribution in [-0.4, -0.2) is 38.2 Å². The Bertz CT molecular complexity index is 386. The number of urea groups is 1. The molecule has 1 aliphatic heterocycles. The van der Waals surface area contributed by atoms with Crippen molar-refractivity contribution in [3.8, 4) is 0 Å². The molecule has 18 heavy (non-hydrogen) atoms. The first-order chi connectivity index (χ1) is 8.58. The molecule has 0 aromatic heterocycles. The van der Waals surface area contributed by atoms with Crippen LogP contribution in [0.25, 0.3) is 0 Å². The smallest absolute Gasteiger partial charge is 0.321 e. The van der Waals surface area contributed by atoms with Gasteiger partial charge in [0.05, 0.1) is 5.76 Å². The van der Waals surface area contributed by atoms with E-state index in [0.29, 0.717) is 18.7 Å². The molecule has 0 atom stereocenters. The maximum atomic E-state index is 11.5. The molecule has 0 saturated carbocycles. The number of carbonyl (C=O) groups is 1. The van der Waals surface area contributed by atoms with Crippen LogP contribution in [0, 0.1) is 0 Å². The van der Waals surface area contributed by atoms with Gasteiger partial charge in [0, 0.05) is 38.5 Å². The van der Waals surface area contributed by atoms with Crippen LogP contribution in [-0.2, 0) is 4.74 Å². The van der Waals surface area contributed by atoms with Gasteiger partial charge in [-0.25, -0.2) is 4.79 Å². The van der Waals surface area contributed by atoms with Crippen molar-refractivity contribution in [3.63, 3.8) is 0 Å². The van der Waals surface area contributed by atoms with Gasteiger partial charge in [0.25, 0.3) is 0 Å². The largest absolute Gasteiger partial charge is 0.496 e. The number of amides is 2. The van der Waals surface area contributed by atoms with E-state index in [-0.39, 0.29) is 6.03 Å². The molecule has 0 unspecified atom stereocenters. The Labute approximate surface area is 108 Å². The van der Waals surface area contributed by atoms with Gasteiger partial charge in [-0.15, -0.1) is 0 Å². The molecule has 1 rings (SSSR count). The van der Waals surface area contributed by atoms with E-state index in [1.165, 1.54) is 4.90 Å². The van der Waals surface area contributed by atoms with Gasteiger partial charge < -0.3 is 15.4 Å². The van der Waals surface area contributed by atoms with Crippen LogP contribution in [0.1, 0.15) is 13.3 Å². The summed E-state index contributed by atoms with van der Waals surface area (Å²) in [5.74, 6) is 0.932. The fraction of sp³-hybridized carbons (Fsp3) is 0.462. The molecule has 1 aliphatic rings. The second-order valence-electron chi connectivity index (χ2n) is 3.98. The van der Waals surface area contributed by atoms with Gasteiger partial charge in [-0.05, 0) is 19.1 Å². The number of carbonyl (C=O) groups excluding carboxylic acids is 1. The van der Waals surface area contributed by atoms with E-state index >= 15 is 0 Å². The summed E-state index contributed by atoms with van der Waals surface area (Å²) < 4.78 is 5.53. The van der Waals surface area contributed by atoms with E-state index in [0.717, 1.165) is 18.0 Å². The Hall–Kier alpha value is -1.91. The highest BCUT2D eigenvalue weighted by atomic mass is 16.5. The Morgan fingerprint density at radius 2 is 2.33 bits per heavy atom. The molecular weight excluding hydrogens is 230 g/mol. The maximum absolute atomic E-state index is 11.5. The van der Waals surface area contributed by atoms with Crippen molar-refractivity contribution in [3.05, 3.63) is 35.9 Å². The molecule has 1 fully saturated rings. The van der Waals surface area contributed by atoms with Gasteiger partial charge in [0.15, 0.2) is 0 Å². The topological polar surface area (TPSA) is 53.6 Å². The SMILES string of the molecule is C=C(/C=C1\C/C(=C\C)OCCN1)N(C)C(=O)NC. The van der Waals surface area contributed by atoms with Crippen LogP contribution >= 0.6 is 0 Å². The molecule has 0 spiro atoms. The Morgan fingerprint density at radius 3 is 2.94 bits per heavy atom. The van der Waals surface area contributed by atoms with Gasteiger partial charge in [0.2, 0.25) is 0 Å². The molecule has 1 heterocycles. The lowest BCUT2D eigenvalue weighted by atomic mass is 10.2. The molecule has 0 aliphatic carbocycles. The monoisotopic (exact) mass is 251 g/mol. The fourth-order valence-corrected chi connectivity index (χ4v) is 1.58. The van der Waals surface area contributed by atoms with Crippen LogP contribution in [0.2, 0.25) is 0 Å². The summed E-state index contributed by atoms with van der Waals surface area (Å²) in [6.07, 6.45) is 4.51. The van der Waals surface area contributed by atoms with Crippen LogP contribution in [0.4, 0.5) is 4.79 Å². The second kappa shape index (κ2) is 6.74. The fourth-order valence-electron chi connectivity index (χ4n) is 1.58. The molecular formula is C13H21N3O2.